The minimum atomic E-state index is -0.253. The van der Waals surface area contributed by atoms with Gasteiger partial charge < -0.3 is 14.8 Å². The molecule has 0 spiro atoms. The van der Waals surface area contributed by atoms with Crippen LogP contribution in [-0.2, 0) is 11.3 Å². The fourth-order valence-electron chi connectivity index (χ4n) is 1.96. The summed E-state index contributed by atoms with van der Waals surface area (Å²) in [4.78, 5) is 11.9. The number of carbonyl (C=O) groups excluding carboxylic acids is 1. The third-order valence-corrected chi connectivity index (χ3v) is 3.39. The number of carbonyl (C=O) groups is 1. The van der Waals surface area contributed by atoms with Crippen LogP contribution in [0.25, 0.3) is 0 Å². The fraction of sp³-hybridized carbons (Fsp3) is 0.222. The fourth-order valence-corrected chi connectivity index (χ4v) is 2.09. The Morgan fingerprint density at radius 2 is 1.92 bits per heavy atom. The van der Waals surface area contributed by atoms with Gasteiger partial charge in [-0.3, -0.25) is 4.79 Å². The molecule has 2 aromatic carbocycles. The van der Waals surface area contributed by atoms with E-state index in [4.69, 9.17) is 26.3 Å². The lowest BCUT2D eigenvalue weighted by Gasteiger charge is -2.12. The van der Waals surface area contributed by atoms with Gasteiger partial charge in [0.25, 0.3) is 5.91 Å². The maximum absolute atomic E-state index is 11.9. The molecule has 0 aromatic heterocycles. The quantitative estimate of drug-likeness (QED) is 0.836. The minimum absolute atomic E-state index is 0.139. The molecule has 0 fully saturated rings. The van der Waals surface area contributed by atoms with Crippen LogP contribution in [0, 0.1) is 11.3 Å². The van der Waals surface area contributed by atoms with Crippen molar-refractivity contribution in [3.05, 3.63) is 58.6 Å². The Hall–Kier alpha value is -2.71. The smallest absolute Gasteiger partial charge is 0.258 e. The molecule has 0 heterocycles. The van der Waals surface area contributed by atoms with E-state index < -0.39 is 0 Å². The third-order valence-electron chi connectivity index (χ3n) is 3.13. The van der Waals surface area contributed by atoms with E-state index in [0.29, 0.717) is 35.2 Å². The molecule has 1 N–H and O–H groups in total. The lowest BCUT2D eigenvalue weighted by atomic mass is 10.2. The molecule has 0 saturated heterocycles. The van der Waals surface area contributed by atoms with E-state index in [9.17, 15) is 4.79 Å². The van der Waals surface area contributed by atoms with Crippen LogP contribution < -0.4 is 14.8 Å². The molecule has 0 aliphatic heterocycles. The predicted octanol–water partition coefficient (Wildman–Crippen LogP) is 3.31. The summed E-state index contributed by atoms with van der Waals surface area (Å²) in [6.07, 6.45) is 0. The van der Waals surface area contributed by atoms with E-state index in [2.05, 4.69) is 5.32 Å². The maximum atomic E-state index is 11.9. The first-order valence-electron chi connectivity index (χ1n) is 7.43. The molecule has 0 aliphatic rings. The van der Waals surface area contributed by atoms with Gasteiger partial charge in [-0.1, -0.05) is 23.7 Å². The molecule has 0 radical (unpaired) electrons. The summed E-state index contributed by atoms with van der Waals surface area (Å²) >= 11 is 5.81. The van der Waals surface area contributed by atoms with Gasteiger partial charge in [0.2, 0.25) is 0 Å². The van der Waals surface area contributed by atoms with E-state index in [1.54, 1.807) is 30.3 Å². The molecule has 0 atom stereocenters. The first kappa shape index (κ1) is 17.6. The van der Waals surface area contributed by atoms with Gasteiger partial charge in [0.05, 0.1) is 18.2 Å². The van der Waals surface area contributed by atoms with Crippen molar-refractivity contribution in [2.24, 2.45) is 0 Å². The Balaban J connectivity index is 1.89. The number of ether oxygens (including phenoxy) is 2. The highest BCUT2D eigenvalue weighted by atomic mass is 35.5. The molecule has 0 bridgehead atoms. The summed E-state index contributed by atoms with van der Waals surface area (Å²) in [7, 11) is 0. The Bertz CT molecular complexity index is 739. The van der Waals surface area contributed by atoms with E-state index in [1.165, 1.54) is 0 Å². The lowest BCUT2D eigenvalue weighted by Crippen LogP contribution is -2.28. The molecule has 24 heavy (non-hydrogen) atoms. The largest absolute Gasteiger partial charge is 0.490 e. The van der Waals surface area contributed by atoms with Gasteiger partial charge >= 0.3 is 0 Å². The van der Waals surface area contributed by atoms with Gasteiger partial charge in [-0.25, -0.2) is 0 Å². The number of nitriles is 1. The highest BCUT2D eigenvalue weighted by molar-refractivity contribution is 6.30. The van der Waals surface area contributed by atoms with Crippen molar-refractivity contribution in [3.8, 4) is 17.6 Å². The van der Waals surface area contributed by atoms with Crippen LogP contribution in [0.3, 0.4) is 0 Å². The van der Waals surface area contributed by atoms with Crippen molar-refractivity contribution in [2.75, 3.05) is 13.2 Å². The number of nitrogens with zero attached hydrogens (tertiary/aromatic N) is 1. The van der Waals surface area contributed by atoms with E-state index >= 15 is 0 Å². The summed E-state index contributed by atoms with van der Waals surface area (Å²) in [6.45, 7) is 2.53. The monoisotopic (exact) mass is 344 g/mol. The van der Waals surface area contributed by atoms with Crippen LogP contribution in [0.4, 0.5) is 0 Å². The number of nitrogens with one attached hydrogen (secondary N) is 1. The van der Waals surface area contributed by atoms with Gasteiger partial charge in [-0.05, 0) is 36.8 Å². The molecule has 1 amide bonds. The molecule has 2 rings (SSSR count). The molecule has 5 nitrogen and oxygen atoms in total. The summed E-state index contributed by atoms with van der Waals surface area (Å²) in [5, 5.41) is 12.3. The third kappa shape index (κ3) is 5.18. The standard InChI is InChI=1S/C18H17ClN2O3/c1-2-23-17-9-14(10-20)5-8-16(17)24-12-18(22)21-11-13-3-6-15(19)7-4-13/h3-9H,2,11-12H2,1H3,(H,21,22). The van der Waals surface area contributed by atoms with Crippen molar-refractivity contribution in [1.82, 2.24) is 5.32 Å². The Morgan fingerprint density at radius 1 is 1.17 bits per heavy atom. The van der Waals surface area contributed by atoms with Gasteiger partial charge in [-0.15, -0.1) is 0 Å². The molecule has 0 saturated carbocycles. The first-order chi connectivity index (χ1) is 11.6. The number of halogens is 1. The molecular weight excluding hydrogens is 328 g/mol. The normalized spacial score (nSPS) is 9.88. The zero-order valence-electron chi connectivity index (χ0n) is 13.2. The van der Waals surface area contributed by atoms with Gasteiger partial charge in [-0.2, -0.15) is 5.26 Å². The van der Waals surface area contributed by atoms with Crippen molar-refractivity contribution < 1.29 is 14.3 Å². The lowest BCUT2D eigenvalue weighted by molar-refractivity contribution is -0.123. The van der Waals surface area contributed by atoms with Crippen LogP contribution in [0.15, 0.2) is 42.5 Å². The first-order valence-corrected chi connectivity index (χ1v) is 7.81. The topological polar surface area (TPSA) is 71.3 Å². The molecule has 2 aromatic rings. The maximum Gasteiger partial charge on any atom is 0.258 e. The van der Waals surface area contributed by atoms with Crippen molar-refractivity contribution in [3.63, 3.8) is 0 Å². The number of amides is 1. The molecular formula is C18H17ClN2O3. The van der Waals surface area contributed by atoms with Crippen LogP contribution in [0.1, 0.15) is 18.1 Å². The van der Waals surface area contributed by atoms with E-state index in [-0.39, 0.29) is 12.5 Å². The second-order valence-electron chi connectivity index (χ2n) is 4.90. The van der Waals surface area contributed by atoms with Crippen molar-refractivity contribution in [2.45, 2.75) is 13.5 Å². The number of hydrogen-bond donors (Lipinski definition) is 1. The average Bonchev–Trinajstić information content (AvgIpc) is 2.60. The van der Waals surface area contributed by atoms with E-state index in [0.717, 1.165) is 5.56 Å². The average molecular weight is 345 g/mol. The Morgan fingerprint density at radius 3 is 2.58 bits per heavy atom. The number of benzene rings is 2. The van der Waals surface area contributed by atoms with Gasteiger partial charge in [0.1, 0.15) is 0 Å². The van der Waals surface area contributed by atoms with Crippen LogP contribution in [-0.4, -0.2) is 19.1 Å². The van der Waals surface area contributed by atoms with Gasteiger partial charge in [0.15, 0.2) is 18.1 Å². The van der Waals surface area contributed by atoms with Crippen molar-refractivity contribution in [1.29, 1.82) is 5.26 Å². The predicted molar refractivity (Wildman–Crippen MR) is 91.1 cm³/mol. The van der Waals surface area contributed by atoms with Crippen LogP contribution in [0.2, 0.25) is 5.02 Å². The second-order valence-corrected chi connectivity index (χ2v) is 5.33. The Kier molecular flexibility index (Phi) is 6.47. The molecule has 124 valence electrons. The zero-order valence-corrected chi connectivity index (χ0v) is 14.0. The summed E-state index contributed by atoms with van der Waals surface area (Å²) in [5.41, 5.74) is 1.42. The Labute approximate surface area is 145 Å². The summed E-state index contributed by atoms with van der Waals surface area (Å²) in [6, 6.07) is 14.1. The minimum Gasteiger partial charge on any atom is -0.490 e. The van der Waals surface area contributed by atoms with Crippen LogP contribution in [0.5, 0.6) is 11.5 Å². The zero-order chi connectivity index (χ0) is 17.4. The summed E-state index contributed by atoms with van der Waals surface area (Å²) in [5.74, 6) is 0.622. The van der Waals surface area contributed by atoms with Crippen LogP contribution >= 0.6 is 11.6 Å². The van der Waals surface area contributed by atoms with E-state index in [1.807, 2.05) is 25.1 Å². The second kappa shape index (κ2) is 8.80. The molecule has 6 heteroatoms. The highest BCUT2D eigenvalue weighted by Crippen LogP contribution is 2.28. The highest BCUT2D eigenvalue weighted by Gasteiger charge is 2.09. The number of rotatable bonds is 7. The van der Waals surface area contributed by atoms with Crippen molar-refractivity contribution >= 4 is 17.5 Å². The number of hydrogen-bond acceptors (Lipinski definition) is 4. The SMILES string of the molecule is CCOc1cc(C#N)ccc1OCC(=O)NCc1ccc(Cl)cc1. The molecule has 0 aliphatic carbocycles. The molecule has 0 unspecified atom stereocenters. The van der Waals surface area contributed by atoms with Gasteiger partial charge in [0, 0.05) is 17.6 Å². The summed E-state index contributed by atoms with van der Waals surface area (Å²) < 4.78 is 10.9.